The van der Waals surface area contributed by atoms with E-state index in [-0.39, 0.29) is 5.57 Å². The van der Waals surface area contributed by atoms with Gasteiger partial charge < -0.3 is 20.1 Å². The highest BCUT2D eigenvalue weighted by molar-refractivity contribution is 5.97. The van der Waals surface area contributed by atoms with Crippen molar-refractivity contribution in [1.29, 1.82) is 5.26 Å². The summed E-state index contributed by atoms with van der Waals surface area (Å²) in [7, 11) is 3.15. The molecule has 0 heterocycles. The minimum atomic E-state index is -0.412. The number of hydrogen-bond acceptors (Lipinski definition) is 5. The van der Waals surface area contributed by atoms with Gasteiger partial charge in [-0.15, -0.1) is 6.58 Å². The van der Waals surface area contributed by atoms with E-state index in [1.165, 1.54) is 6.20 Å². The van der Waals surface area contributed by atoms with E-state index in [4.69, 9.17) is 14.7 Å². The molecule has 0 radical (unpaired) electrons. The highest BCUT2D eigenvalue weighted by Crippen LogP contribution is 2.27. The highest BCUT2D eigenvalue weighted by atomic mass is 16.5. The molecule has 1 rings (SSSR count). The van der Waals surface area contributed by atoms with Crippen molar-refractivity contribution < 1.29 is 14.3 Å². The van der Waals surface area contributed by atoms with Crippen LogP contribution in [0.25, 0.3) is 0 Å². The second-order valence-electron chi connectivity index (χ2n) is 4.56. The molecule has 23 heavy (non-hydrogen) atoms. The van der Waals surface area contributed by atoms with E-state index in [9.17, 15) is 4.79 Å². The summed E-state index contributed by atoms with van der Waals surface area (Å²) in [5.41, 5.74) is 1.02. The average molecular weight is 315 g/mol. The molecule has 0 fully saturated rings. The van der Waals surface area contributed by atoms with Gasteiger partial charge in [0.15, 0.2) is 11.5 Å². The van der Waals surface area contributed by atoms with Gasteiger partial charge in [0.25, 0.3) is 5.91 Å². The Morgan fingerprint density at radius 1 is 1.35 bits per heavy atom. The van der Waals surface area contributed by atoms with Crippen LogP contribution < -0.4 is 20.1 Å². The van der Waals surface area contributed by atoms with E-state index in [0.717, 1.165) is 5.56 Å². The van der Waals surface area contributed by atoms with Gasteiger partial charge >= 0.3 is 0 Å². The van der Waals surface area contributed by atoms with Gasteiger partial charge in [0.05, 0.1) is 14.2 Å². The second-order valence-corrected chi connectivity index (χ2v) is 4.56. The molecule has 0 bridgehead atoms. The molecule has 6 nitrogen and oxygen atoms in total. The minimum absolute atomic E-state index is 0.0270. The van der Waals surface area contributed by atoms with E-state index < -0.39 is 5.91 Å². The Bertz CT molecular complexity index is 618. The maximum absolute atomic E-state index is 11.9. The molecule has 1 aromatic rings. The van der Waals surface area contributed by atoms with Gasteiger partial charge in [0.2, 0.25) is 0 Å². The lowest BCUT2D eigenvalue weighted by Gasteiger charge is -2.10. The maximum atomic E-state index is 11.9. The fourth-order valence-corrected chi connectivity index (χ4v) is 1.84. The third-order valence-electron chi connectivity index (χ3n) is 3.02. The number of carbonyl (C=O) groups excluding carboxylic acids is 1. The summed E-state index contributed by atoms with van der Waals surface area (Å²) < 4.78 is 10.4. The van der Waals surface area contributed by atoms with E-state index in [0.29, 0.717) is 31.0 Å². The first-order valence-electron chi connectivity index (χ1n) is 7.10. The van der Waals surface area contributed by atoms with E-state index in [1.807, 2.05) is 24.3 Å². The standard InChI is InChI=1S/C17H21N3O3/c1-4-8-19-12-14(11-18)17(21)20-9-7-13-5-6-15(22-2)16(10-13)23-3/h4-6,10,12,19H,1,7-9H2,2-3H3,(H,20,21)/b14-12-. The van der Waals surface area contributed by atoms with Crippen LogP contribution in [0.3, 0.4) is 0 Å². The van der Waals surface area contributed by atoms with Gasteiger partial charge in [-0.1, -0.05) is 12.1 Å². The van der Waals surface area contributed by atoms with Crippen LogP contribution in [0.15, 0.2) is 42.6 Å². The van der Waals surface area contributed by atoms with E-state index in [2.05, 4.69) is 17.2 Å². The number of nitrogens with one attached hydrogen (secondary N) is 2. The van der Waals surface area contributed by atoms with Crippen molar-refractivity contribution in [2.24, 2.45) is 0 Å². The zero-order chi connectivity index (χ0) is 17.1. The molecular weight excluding hydrogens is 294 g/mol. The average Bonchev–Trinajstić information content (AvgIpc) is 2.58. The number of carbonyl (C=O) groups is 1. The molecule has 122 valence electrons. The van der Waals surface area contributed by atoms with Crippen LogP contribution in [0.2, 0.25) is 0 Å². The second kappa shape index (κ2) is 9.90. The van der Waals surface area contributed by atoms with Crippen LogP contribution in [0.4, 0.5) is 0 Å². The zero-order valence-electron chi connectivity index (χ0n) is 13.4. The van der Waals surface area contributed by atoms with Crippen molar-refractivity contribution in [2.75, 3.05) is 27.3 Å². The molecule has 6 heteroatoms. The summed E-state index contributed by atoms with van der Waals surface area (Å²) in [6, 6.07) is 7.44. The Balaban J connectivity index is 2.56. The van der Waals surface area contributed by atoms with Gasteiger partial charge in [0, 0.05) is 19.3 Å². The molecule has 1 aromatic carbocycles. The number of hydrogen-bond donors (Lipinski definition) is 2. The van der Waals surface area contributed by atoms with Crippen LogP contribution in [0, 0.1) is 11.3 Å². The fraction of sp³-hybridized carbons (Fsp3) is 0.294. The van der Waals surface area contributed by atoms with Crippen LogP contribution in [0.5, 0.6) is 11.5 Å². The van der Waals surface area contributed by atoms with Crippen molar-refractivity contribution in [3.05, 3.63) is 48.2 Å². The summed E-state index contributed by atoms with van der Waals surface area (Å²) in [6.07, 6.45) is 3.64. The summed E-state index contributed by atoms with van der Waals surface area (Å²) >= 11 is 0. The molecule has 0 spiro atoms. The monoisotopic (exact) mass is 315 g/mol. The molecule has 0 aliphatic carbocycles. The van der Waals surface area contributed by atoms with Gasteiger partial charge in [-0.25, -0.2) is 0 Å². The smallest absolute Gasteiger partial charge is 0.263 e. The van der Waals surface area contributed by atoms with Crippen LogP contribution in [-0.4, -0.2) is 33.2 Å². The SMILES string of the molecule is C=CCN/C=C(/C#N)C(=O)NCCc1ccc(OC)c(OC)c1. The predicted octanol–water partition coefficient (Wildman–Crippen LogP) is 1.55. The lowest BCUT2D eigenvalue weighted by atomic mass is 10.1. The van der Waals surface area contributed by atoms with Crippen molar-refractivity contribution in [3.8, 4) is 17.6 Å². The van der Waals surface area contributed by atoms with Gasteiger partial charge in [-0.2, -0.15) is 5.26 Å². The lowest BCUT2D eigenvalue weighted by molar-refractivity contribution is -0.117. The van der Waals surface area contributed by atoms with Crippen molar-refractivity contribution >= 4 is 5.91 Å². The number of nitriles is 1. The topological polar surface area (TPSA) is 83.4 Å². The Labute approximate surface area is 136 Å². The molecule has 0 saturated carbocycles. The summed E-state index contributed by atoms with van der Waals surface area (Å²) in [4.78, 5) is 11.9. The Kier molecular flexibility index (Phi) is 7.79. The summed E-state index contributed by atoms with van der Waals surface area (Å²) in [5.74, 6) is 0.885. The molecule has 0 aromatic heterocycles. The van der Waals surface area contributed by atoms with Crippen LogP contribution in [-0.2, 0) is 11.2 Å². The molecule has 0 unspecified atom stereocenters. The number of benzene rings is 1. The summed E-state index contributed by atoms with van der Waals surface area (Å²) in [5, 5.41) is 14.5. The normalized spacial score (nSPS) is 10.4. The molecule has 0 aliphatic heterocycles. The quantitative estimate of drug-likeness (QED) is 0.313. The van der Waals surface area contributed by atoms with Crippen LogP contribution >= 0.6 is 0 Å². The van der Waals surface area contributed by atoms with E-state index >= 15 is 0 Å². The predicted molar refractivity (Wildman–Crippen MR) is 88.2 cm³/mol. The maximum Gasteiger partial charge on any atom is 0.263 e. The fourth-order valence-electron chi connectivity index (χ4n) is 1.84. The van der Waals surface area contributed by atoms with Crippen LogP contribution in [0.1, 0.15) is 5.56 Å². The molecule has 0 saturated heterocycles. The van der Waals surface area contributed by atoms with Crippen molar-refractivity contribution in [3.63, 3.8) is 0 Å². The first kappa shape index (κ1) is 18.1. The molecule has 1 amide bonds. The van der Waals surface area contributed by atoms with E-state index in [1.54, 1.807) is 20.3 Å². The number of nitrogens with zero attached hydrogens (tertiary/aromatic N) is 1. The number of ether oxygens (including phenoxy) is 2. The molecule has 0 aliphatic rings. The first-order valence-corrected chi connectivity index (χ1v) is 7.10. The van der Waals surface area contributed by atoms with Crippen molar-refractivity contribution in [2.45, 2.75) is 6.42 Å². The van der Waals surface area contributed by atoms with Gasteiger partial charge in [-0.05, 0) is 24.1 Å². The zero-order valence-corrected chi connectivity index (χ0v) is 13.4. The molecule has 2 N–H and O–H groups in total. The van der Waals surface area contributed by atoms with Gasteiger partial charge in [-0.3, -0.25) is 4.79 Å². The number of amides is 1. The Hall–Kier alpha value is -2.94. The highest BCUT2D eigenvalue weighted by Gasteiger charge is 2.09. The third-order valence-corrected chi connectivity index (χ3v) is 3.02. The first-order chi connectivity index (χ1) is 11.2. The largest absolute Gasteiger partial charge is 0.493 e. The molecule has 0 atom stereocenters. The Morgan fingerprint density at radius 3 is 2.70 bits per heavy atom. The van der Waals surface area contributed by atoms with Gasteiger partial charge in [0.1, 0.15) is 11.6 Å². The number of methoxy groups -OCH3 is 2. The Morgan fingerprint density at radius 2 is 2.09 bits per heavy atom. The lowest BCUT2D eigenvalue weighted by Crippen LogP contribution is -2.27. The van der Waals surface area contributed by atoms with Crippen molar-refractivity contribution in [1.82, 2.24) is 10.6 Å². The minimum Gasteiger partial charge on any atom is -0.493 e. The third kappa shape index (κ3) is 5.75. The summed E-state index contributed by atoms with van der Waals surface area (Å²) in [6.45, 7) is 4.45. The molecular formula is C17H21N3O3. The number of rotatable bonds is 9.